The fraction of sp³-hybridized carbons (Fsp3) is 0.526. The van der Waals surface area contributed by atoms with Gasteiger partial charge in [0.25, 0.3) is 0 Å². The molecular formula is C19H24N2O2S. The molecule has 24 heavy (non-hydrogen) atoms. The fourth-order valence-electron chi connectivity index (χ4n) is 3.82. The number of nitrogens with zero attached hydrogens (tertiary/aromatic N) is 2. The third kappa shape index (κ3) is 3.54. The number of aromatic nitrogens is 1. The van der Waals surface area contributed by atoms with Crippen LogP contribution in [0.2, 0.25) is 0 Å². The highest BCUT2D eigenvalue weighted by Gasteiger charge is 2.43. The number of hydrogen-bond donors (Lipinski definition) is 0. The van der Waals surface area contributed by atoms with Crippen LogP contribution in [0.3, 0.4) is 0 Å². The van der Waals surface area contributed by atoms with Gasteiger partial charge in [0.05, 0.1) is 25.4 Å². The smallest absolute Gasteiger partial charge is 0.0992 e. The van der Waals surface area contributed by atoms with E-state index in [1.807, 2.05) is 23.6 Å². The van der Waals surface area contributed by atoms with E-state index in [2.05, 4.69) is 35.0 Å². The van der Waals surface area contributed by atoms with Gasteiger partial charge in [-0.1, -0.05) is 6.07 Å². The summed E-state index contributed by atoms with van der Waals surface area (Å²) in [5.41, 5.74) is 1.13. The van der Waals surface area contributed by atoms with Crippen LogP contribution in [-0.4, -0.2) is 41.3 Å². The Morgan fingerprint density at radius 1 is 1.33 bits per heavy atom. The van der Waals surface area contributed by atoms with Crippen molar-refractivity contribution in [2.24, 2.45) is 0 Å². The average molecular weight is 344 g/mol. The van der Waals surface area contributed by atoms with E-state index in [-0.39, 0.29) is 12.2 Å². The largest absolute Gasteiger partial charge is 0.373 e. The predicted molar refractivity (Wildman–Crippen MR) is 95.0 cm³/mol. The molecule has 0 bridgehead atoms. The molecule has 0 aromatic carbocycles. The summed E-state index contributed by atoms with van der Waals surface area (Å²) in [4.78, 5) is 9.58. The average Bonchev–Trinajstić information content (AvgIpc) is 3.21. The van der Waals surface area contributed by atoms with E-state index in [0.29, 0.717) is 12.6 Å². The van der Waals surface area contributed by atoms with Gasteiger partial charge in [-0.05, 0) is 43.5 Å². The Kier molecular flexibility index (Phi) is 4.94. The zero-order valence-electron chi connectivity index (χ0n) is 14.1. The van der Waals surface area contributed by atoms with Gasteiger partial charge in [0.15, 0.2) is 0 Å². The molecule has 0 N–H and O–H groups in total. The Morgan fingerprint density at radius 3 is 3.08 bits per heavy atom. The van der Waals surface area contributed by atoms with Crippen LogP contribution < -0.4 is 0 Å². The molecule has 2 aromatic heterocycles. The summed E-state index contributed by atoms with van der Waals surface area (Å²) in [6.07, 6.45) is 6.31. The van der Waals surface area contributed by atoms with E-state index in [9.17, 15) is 0 Å². The first-order valence-corrected chi connectivity index (χ1v) is 9.53. The Hall–Kier alpha value is -1.27. The Labute approximate surface area is 147 Å². The van der Waals surface area contributed by atoms with E-state index < -0.39 is 0 Å². The monoisotopic (exact) mass is 344 g/mol. The summed E-state index contributed by atoms with van der Waals surface area (Å²) in [7, 11) is 0. The van der Waals surface area contributed by atoms with Crippen LogP contribution in [-0.2, 0) is 22.6 Å². The molecular weight excluding hydrogens is 320 g/mol. The minimum absolute atomic E-state index is 0.197. The summed E-state index contributed by atoms with van der Waals surface area (Å²) in [6, 6.07) is 8.98. The van der Waals surface area contributed by atoms with E-state index in [0.717, 1.165) is 38.1 Å². The van der Waals surface area contributed by atoms with Crippen molar-refractivity contribution >= 4 is 11.3 Å². The molecule has 4 rings (SSSR count). The van der Waals surface area contributed by atoms with Gasteiger partial charge in [-0.25, -0.2) is 0 Å². The SMILES string of the molecule is Cc1ccc(CN2CCO[C@H]3[C@H](OCc4cccnc4)CC[C@@H]32)s1. The number of pyridine rings is 1. The number of rotatable bonds is 5. The molecule has 0 unspecified atom stereocenters. The minimum atomic E-state index is 0.197. The maximum Gasteiger partial charge on any atom is 0.0992 e. The molecule has 1 aliphatic carbocycles. The second-order valence-electron chi connectivity index (χ2n) is 6.67. The second-order valence-corrected chi connectivity index (χ2v) is 8.05. The quantitative estimate of drug-likeness (QED) is 0.833. The van der Waals surface area contributed by atoms with E-state index >= 15 is 0 Å². The molecule has 128 valence electrons. The summed E-state index contributed by atoms with van der Waals surface area (Å²) >= 11 is 1.90. The van der Waals surface area contributed by atoms with Crippen molar-refractivity contribution in [1.82, 2.24) is 9.88 Å². The van der Waals surface area contributed by atoms with Crippen molar-refractivity contribution in [2.75, 3.05) is 13.2 Å². The summed E-state index contributed by atoms with van der Waals surface area (Å²) in [5, 5.41) is 0. The van der Waals surface area contributed by atoms with Crippen molar-refractivity contribution in [1.29, 1.82) is 0 Å². The number of ether oxygens (including phenoxy) is 2. The van der Waals surface area contributed by atoms with Crippen LogP contribution in [0.4, 0.5) is 0 Å². The molecule has 1 saturated heterocycles. The fourth-order valence-corrected chi connectivity index (χ4v) is 4.74. The number of hydrogen-bond acceptors (Lipinski definition) is 5. The molecule has 0 radical (unpaired) electrons. The van der Waals surface area contributed by atoms with Gasteiger partial charge in [0.1, 0.15) is 0 Å². The number of thiophene rings is 1. The predicted octanol–water partition coefficient (Wildman–Crippen LogP) is 3.40. The molecule has 2 aromatic rings. The topological polar surface area (TPSA) is 34.6 Å². The number of fused-ring (bicyclic) bond motifs is 1. The van der Waals surface area contributed by atoms with Crippen LogP contribution in [0.15, 0.2) is 36.7 Å². The van der Waals surface area contributed by atoms with Gasteiger partial charge < -0.3 is 9.47 Å². The molecule has 1 aliphatic heterocycles. The Balaban J connectivity index is 1.37. The van der Waals surface area contributed by atoms with E-state index in [1.54, 1.807) is 6.20 Å². The summed E-state index contributed by atoms with van der Waals surface area (Å²) in [5.74, 6) is 0. The lowest BCUT2D eigenvalue weighted by molar-refractivity contribution is -0.118. The van der Waals surface area contributed by atoms with Gasteiger partial charge in [0, 0.05) is 41.3 Å². The minimum Gasteiger partial charge on any atom is -0.373 e. The van der Waals surface area contributed by atoms with Crippen LogP contribution in [0.5, 0.6) is 0 Å². The van der Waals surface area contributed by atoms with Crippen LogP contribution >= 0.6 is 11.3 Å². The van der Waals surface area contributed by atoms with Crippen LogP contribution in [0.1, 0.15) is 28.2 Å². The first-order valence-electron chi connectivity index (χ1n) is 8.71. The second kappa shape index (κ2) is 7.31. The van der Waals surface area contributed by atoms with Crippen molar-refractivity contribution < 1.29 is 9.47 Å². The molecule has 2 fully saturated rings. The van der Waals surface area contributed by atoms with Crippen molar-refractivity contribution in [3.8, 4) is 0 Å². The first kappa shape index (κ1) is 16.2. The van der Waals surface area contributed by atoms with E-state index in [1.165, 1.54) is 9.75 Å². The maximum atomic E-state index is 6.17. The normalized spacial score (nSPS) is 27.3. The number of aryl methyl sites for hydroxylation is 1. The first-order chi connectivity index (χ1) is 11.8. The lowest BCUT2D eigenvalue weighted by Crippen LogP contribution is -2.51. The number of morpholine rings is 1. The molecule has 5 heteroatoms. The van der Waals surface area contributed by atoms with Gasteiger partial charge in [-0.2, -0.15) is 0 Å². The third-order valence-electron chi connectivity index (χ3n) is 4.99. The van der Waals surface area contributed by atoms with Crippen molar-refractivity contribution in [3.05, 3.63) is 52.0 Å². The zero-order valence-corrected chi connectivity index (χ0v) is 14.9. The molecule has 3 heterocycles. The molecule has 0 spiro atoms. The molecule has 1 saturated carbocycles. The molecule has 2 aliphatic rings. The van der Waals surface area contributed by atoms with E-state index in [4.69, 9.17) is 9.47 Å². The van der Waals surface area contributed by atoms with Crippen LogP contribution in [0, 0.1) is 6.92 Å². The van der Waals surface area contributed by atoms with Gasteiger partial charge in [-0.3, -0.25) is 9.88 Å². The van der Waals surface area contributed by atoms with Crippen molar-refractivity contribution in [2.45, 2.75) is 51.2 Å². The van der Waals surface area contributed by atoms with Gasteiger partial charge in [-0.15, -0.1) is 11.3 Å². The summed E-state index contributed by atoms with van der Waals surface area (Å²) < 4.78 is 12.3. The Bertz CT molecular complexity index is 660. The molecule has 4 nitrogen and oxygen atoms in total. The lowest BCUT2D eigenvalue weighted by Gasteiger charge is -2.38. The highest BCUT2D eigenvalue weighted by molar-refractivity contribution is 7.11. The lowest BCUT2D eigenvalue weighted by atomic mass is 10.1. The standard InChI is InChI=1S/C19H24N2O2S/c1-14-4-5-16(24-14)12-21-9-10-22-19-17(21)6-7-18(19)23-13-15-3-2-8-20-11-15/h2-5,8,11,17-19H,6-7,9-10,12-13H2,1H3/t17-,18+,19+/m0/s1. The van der Waals surface area contributed by atoms with Gasteiger partial charge in [0.2, 0.25) is 0 Å². The Morgan fingerprint density at radius 2 is 2.29 bits per heavy atom. The zero-order chi connectivity index (χ0) is 16.4. The maximum absolute atomic E-state index is 6.17. The van der Waals surface area contributed by atoms with Gasteiger partial charge >= 0.3 is 0 Å². The third-order valence-corrected chi connectivity index (χ3v) is 5.98. The highest BCUT2D eigenvalue weighted by atomic mass is 32.1. The van der Waals surface area contributed by atoms with Crippen molar-refractivity contribution in [3.63, 3.8) is 0 Å². The molecule has 0 amide bonds. The molecule has 3 atom stereocenters. The summed E-state index contributed by atoms with van der Waals surface area (Å²) in [6.45, 7) is 5.66. The van der Waals surface area contributed by atoms with Crippen LogP contribution in [0.25, 0.3) is 0 Å². The highest BCUT2D eigenvalue weighted by Crippen LogP contribution is 2.34.